The molecule has 0 saturated heterocycles. The predicted molar refractivity (Wildman–Crippen MR) is 62.6 cm³/mol. The van der Waals surface area contributed by atoms with Crippen LogP contribution in [-0.4, -0.2) is 16.6 Å². The minimum absolute atomic E-state index is 0.588. The number of rotatable bonds is 6. The van der Waals surface area contributed by atoms with Crippen molar-refractivity contribution in [3.8, 4) is 6.07 Å². The van der Waals surface area contributed by atoms with Crippen LogP contribution in [0.4, 0.5) is 0 Å². The van der Waals surface area contributed by atoms with Gasteiger partial charge in [0.15, 0.2) is 0 Å². The summed E-state index contributed by atoms with van der Waals surface area (Å²) in [6, 6.07) is 2.19. The molecule has 0 fully saturated rings. The van der Waals surface area contributed by atoms with E-state index in [1.165, 1.54) is 5.82 Å². The van der Waals surface area contributed by atoms with Gasteiger partial charge in [-0.05, 0) is 6.26 Å². The van der Waals surface area contributed by atoms with E-state index in [0.29, 0.717) is 6.42 Å². The van der Waals surface area contributed by atoms with Gasteiger partial charge in [0.05, 0.1) is 19.0 Å². The molecule has 0 spiro atoms. The molecule has 82 valence electrons. The van der Waals surface area contributed by atoms with Crippen molar-refractivity contribution in [1.82, 2.24) is 4.57 Å². The minimum Gasteiger partial charge on any atom is -0.233 e. The number of aromatic nitrogens is 2. The molecule has 15 heavy (non-hydrogen) atoms. The third kappa shape index (κ3) is 3.28. The Kier molecular flexibility index (Phi) is 5.27. The van der Waals surface area contributed by atoms with Gasteiger partial charge in [0.2, 0.25) is 0 Å². The summed E-state index contributed by atoms with van der Waals surface area (Å²) in [5.41, 5.74) is 0. The van der Waals surface area contributed by atoms with Crippen molar-refractivity contribution in [3.05, 3.63) is 18.2 Å². The van der Waals surface area contributed by atoms with Crippen LogP contribution >= 0.6 is 11.8 Å². The predicted octanol–water partition coefficient (Wildman–Crippen LogP) is 1.61. The van der Waals surface area contributed by atoms with Crippen LogP contribution in [0.5, 0.6) is 0 Å². The molecular formula is C11H18N3S+. The summed E-state index contributed by atoms with van der Waals surface area (Å²) in [7, 11) is 0. The lowest BCUT2D eigenvalue weighted by atomic mass is 10.4. The van der Waals surface area contributed by atoms with Crippen molar-refractivity contribution >= 4 is 11.8 Å². The maximum absolute atomic E-state index is 8.57. The molecule has 0 saturated carbocycles. The highest BCUT2D eigenvalue weighted by Crippen LogP contribution is 2.01. The molecule has 1 rings (SSSR count). The Balaban J connectivity index is 2.72. The fourth-order valence-electron chi connectivity index (χ4n) is 1.67. The molecule has 4 heteroatoms. The van der Waals surface area contributed by atoms with E-state index in [1.807, 2.05) is 11.8 Å². The molecular weight excluding hydrogens is 206 g/mol. The van der Waals surface area contributed by atoms with E-state index in [9.17, 15) is 0 Å². The molecule has 0 amide bonds. The Morgan fingerprint density at radius 1 is 1.60 bits per heavy atom. The topological polar surface area (TPSA) is 32.6 Å². The third-order valence-electron chi connectivity index (χ3n) is 2.41. The first-order valence-corrected chi connectivity index (χ1v) is 6.66. The van der Waals surface area contributed by atoms with Crippen LogP contribution < -0.4 is 4.57 Å². The molecule has 0 aliphatic heterocycles. The lowest BCUT2D eigenvalue weighted by Crippen LogP contribution is -2.37. The second-order valence-electron chi connectivity index (χ2n) is 3.36. The van der Waals surface area contributed by atoms with E-state index < -0.39 is 0 Å². The molecule has 0 aromatic carbocycles. The van der Waals surface area contributed by atoms with Crippen molar-refractivity contribution in [1.29, 1.82) is 5.26 Å². The molecule has 0 radical (unpaired) electrons. The average Bonchev–Trinajstić information content (AvgIpc) is 2.65. The Morgan fingerprint density at radius 3 is 3.00 bits per heavy atom. The standard InChI is InChI=1S/C11H18N3S/c1-3-11-13(6-4-5-12)7-8-14(11)9-10-15-2/h7-8H,3-4,6,9-10H2,1-2H3/q+1. The first-order valence-electron chi connectivity index (χ1n) is 5.26. The SMILES string of the molecule is CCc1n(CCSC)cc[n+]1CCC#N. The van der Waals surface area contributed by atoms with Gasteiger partial charge in [-0.2, -0.15) is 17.0 Å². The lowest BCUT2D eigenvalue weighted by Gasteiger charge is -2.00. The summed E-state index contributed by atoms with van der Waals surface area (Å²) >= 11 is 1.86. The Morgan fingerprint density at radius 2 is 2.40 bits per heavy atom. The number of hydrogen-bond acceptors (Lipinski definition) is 2. The van der Waals surface area contributed by atoms with E-state index in [-0.39, 0.29) is 0 Å². The van der Waals surface area contributed by atoms with Gasteiger partial charge in [-0.1, -0.05) is 6.92 Å². The Labute approximate surface area is 95.7 Å². The first-order chi connectivity index (χ1) is 7.33. The molecule has 0 unspecified atom stereocenters. The van der Waals surface area contributed by atoms with Crippen LogP contribution in [0.3, 0.4) is 0 Å². The van der Waals surface area contributed by atoms with E-state index in [0.717, 1.165) is 25.3 Å². The van der Waals surface area contributed by atoms with Gasteiger partial charge in [0, 0.05) is 12.2 Å². The number of aryl methyl sites for hydroxylation is 2. The highest BCUT2D eigenvalue weighted by Gasteiger charge is 2.13. The number of hydrogen-bond donors (Lipinski definition) is 0. The first kappa shape index (κ1) is 12.1. The van der Waals surface area contributed by atoms with Crippen molar-refractivity contribution in [2.75, 3.05) is 12.0 Å². The monoisotopic (exact) mass is 224 g/mol. The van der Waals surface area contributed by atoms with Gasteiger partial charge >= 0.3 is 0 Å². The normalized spacial score (nSPS) is 10.2. The summed E-state index contributed by atoms with van der Waals surface area (Å²) in [5, 5.41) is 8.57. The van der Waals surface area contributed by atoms with Crippen LogP contribution in [0.2, 0.25) is 0 Å². The summed E-state index contributed by atoms with van der Waals surface area (Å²) in [6.45, 7) is 4.03. The second-order valence-corrected chi connectivity index (χ2v) is 4.34. The van der Waals surface area contributed by atoms with Gasteiger partial charge in [0.1, 0.15) is 18.9 Å². The zero-order valence-corrected chi connectivity index (χ0v) is 10.3. The lowest BCUT2D eigenvalue weighted by molar-refractivity contribution is -0.702. The van der Waals surface area contributed by atoms with Crippen molar-refractivity contribution < 1.29 is 4.57 Å². The van der Waals surface area contributed by atoms with Gasteiger partial charge in [-0.25, -0.2) is 9.13 Å². The molecule has 0 bridgehead atoms. The fraction of sp³-hybridized carbons (Fsp3) is 0.636. The number of nitrogens with zero attached hydrogens (tertiary/aromatic N) is 3. The third-order valence-corrected chi connectivity index (χ3v) is 3.00. The van der Waals surface area contributed by atoms with Gasteiger partial charge in [-0.15, -0.1) is 0 Å². The van der Waals surface area contributed by atoms with E-state index in [2.05, 4.69) is 40.8 Å². The second kappa shape index (κ2) is 6.52. The van der Waals surface area contributed by atoms with Crippen molar-refractivity contribution in [2.45, 2.75) is 32.9 Å². The van der Waals surface area contributed by atoms with Crippen LogP contribution in [0, 0.1) is 11.3 Å². The van der Waals surface area contributed by atoms with Crippen LogP contribution in [0.15, 0.2) is 12.4 Å². The van der Waals surface area contributed by atoms with Crippen LogP contribution in [0.25, 0.3) is 0 Å². The summed E-state index contributed by atoms with van der Waals surface area (Å²) in [5.74, 6) is 2.46. The molecule has 0 atom stereocenters. The largest absolute Gasteiger partial charge is 0.256 e. The Bertz CT molecular complexity index is 338. The zero-order valence-electron chi connectivity index (χ0n) is 9.44. The smallest absolute Gasteiger partial charge is 0.233 e. The van der Waals surface area contributed by atoms with Crippen molar-refractivity contribution in [2.24, 2.45) is 0 Å². The Hall–Kier alpha value is -0.950. The molecule has 3 nitrogen and oxygen atoms in total. The molecule has 0 aliphatic rings. The summed E-state index contributed by atoms with van der Waals surface area (Å²) < 4.78 is 4.47. The maximum Gasteiger partial charge on any atom is 0.256 e. The highest BCUT2D eigenvalue weighted by atomic mass is 32.2. The number of nitriles is 1. The fourth-order valence-corrected chi connectivity index (χ4v) is 2.05. The maximum atomic E-state index is 8.57. The van der Waals surface area contributed by atoms with E-state index in [4.69, 9.17) is 5.26 Å². The number of thioether (sulfide) groups is 1. The zero-order chi connectivity index (χ0) is 11.1. The average molecular weight is 224 g/mol. The van der Waals surface area contributed by atoms with Gasteiger partial charge in [-0.3, -0.25) is 0 Å². The van der Waals surface area contributed by atoms with Crippen LogP contribution in [-0.2, 0) is 19.5 Å². The molecule has 1 heterocycles. The van der Waals surface area contributed by atoms with E-state index >= 15 is 0 Å². The summed E-state index contributed by atoms with van der Waals surface area (Å²) in [4.78, 5) is 0. The highest BCUT2D eigenvalue weighted by molar-refractivity contribution is 7.98. The molecule has 0 N–H and O–H groups in total. The van der Waals surface area contributed by atoms with Crippen LogP contribution in [0.1, 0.15) is 19.2 Å². The van der Waals surface area contributed by atoms with Gasteiger partial charge < -0.3 is 0 Å². The summed E-state index contributed by atoms with van der Waals surface area (Å²) in [6.07, 6.45) is 7.93. The van der Waals surface area contributed by atoms with Gasteiger partial charge in [0.25, 0.3) is 5.82 Å². The van der Waals surface area contributed by atoms with E-state index in [1.54, 1.807) is 0 Å². The minimum atomic E-state index is 0.588. The molecule has 0 aliphatic carbocycles. The number of imidazole rings is 1. The molecule has 1 aromatic heterocycles. The molecule has 1 aromatic rings. The van der Waals surface area contributed by atoms with Crippen molar-refractivity contribution in [3.63, 3.8) is 0 Å². The quantitative estimate of drug-likeness (QED) is 0.688.